The first-order valence-corrected chi connectivity index (χ1v) is 6.22. The number of anilines is 1. The van der Waals surface area contributed by atoms with Crippen molar-refractivity contribution in [3.8, 4) is 0 Å². The van der Waals surface area contributed by atoms with E-state index in [0.29, 0.717) is 0 Å². The van der Waals surface area contributed by atoms with Gasteiger partial charge in [0, 0.05) is 17.6 Å². The highest BCUT2D eigenvalue weighted by molar-refractivity contribution is 9.10. The standard InChI is InChI=1S/C13H18BrNO/c1-4-8-15(5-2)13-7-6-11(10(3)16)9-12(13)14/h4,6-7,9-10,16H,1,5,8H2,2-3H3. The van der Waals surface area contributed by atoms with Crippen LogP contribution in [0, 0.1) is 0 Å². The van der Waals surface area contributed by atoms with Crippen LogP contribution in [-0.4, -0.2) is 18.2 Å². The van der Waals surface area contributed by atoms with Gasteiger partial charge in [0.2, 0.25) is 0 Å². The third kappa shape index (κ3) is 3.09. The first kappa shape index (κ1) is 13.3. The monoisotopic (exact) mass is 283 g/mol. The number of benzene rings is 1. The summed E-state index contributed by atoms with van der Waals surface area (Å²) in [6, 6.07) is 5.95. The molecular weight excluding hydrogens is 266 g/mol. The van der Waals surface area contributed by atoms with Crippen LogP contribution in [0.2, 0.25) is 0 Å². The molecule has 1 N–H and O–H groups in total. The van der Waals surface area contributed by atoms with Gasteiger partial charge in [-0.25, -0.2) is 0 Å². The third-order valence-corrected chi connectivity index (χ3v) is 3.16. The molecule has 0 aliphatic heterocycles. The molecule has 2 nitrogen and oxygen atoms in total. The van der Waals surface area contributed by atoms with E-state index in [1.54, 1.807) is 6.92 Å². The van der Waals surface area contributed by atoms with Crippen LogP contribution in [0.5, 0.6) is 0 Å². The number of halogens is 1. The highest BCUT2D eigenvalue weighted by Crippen LogP contribution is 2.29. The molecule has 1 unspecified atom stereocenters. The predicted molar refractivity (Wildman–Crippen MR) is 72.9 cm³/mol. The van der Waals surface area contributed by atoms with Crippen LogP contribution >= 0.6 is 15.9 Å². The summed E-state index contributed by atoms with van der Waals surface area (Å²) >= 11 is 3.54. The Labute approximate surface area is 106 Å². The zero-order valence-corrected chi connectivity index (χ0v) is 11.4. The van der Waals surface area contributed by atoms with Crippen LogP contribution in [0.3, 0.4) is 0 Å². The van der Waals surface area contributed by atoms with E-state index in [9.17, 15) is 5.11 Å². The normalized spacial score (nSPS) is 12.2. The van der Waals surface area contributed by atoms with E-state index >= 15 is 0 Å². The van der Waals surface area contributed by atoms with E-state index in [0.717, 1.165) is 28.8 Å². The van der Waals surface area contributed by atoms with Crippen LogP contribution < -0.4 is 4.90 Å². The molecule has 1 rings (SSSR count). The van der Waals surface area contributed by atoms with Crippen LogP contribution in [0.25, 0.3) is 0 Å². The minimum absolute atomic E-state index is 0.431. The fraction of sp³-hybridized carbons (Fsp3) is 0.385. The summed E-state index contributed by atoms with van der Waals surface area (Å²) < 4.78 is 1.01. The second kappa shape index (κ2) is 6.06. The molecule has 0 aromatic heterocycles. The Balaban J connectivity index is 3.01. The van der Waals surface area contributed by atoms with Crippen LogP contribution in [0.4, 0.5) is 5.69 Å². The molecule has 0 fully saturated rings. The average molecular weight is 284 g/mol. The lowest BCUT2D eigenvalue weighted by molar-refractivity contribution is 0.199. The Morgan fingerprint density at radius 3 is 2.69 bits per heavy atom. The van der Waals surface area contributed by atoms with Gasteiger partial charge in [-0.05, 0) is 47.5 Å². The lowest BCUT2D eigenvalue weighted by Crippen LogP contribution is -2.22. The minimum Gasteiger partial charge on any atom is -0.389 e. The summed E-state index contributed by atoms with van der Waals surface area (Å²) in [5.74, 6) is 0. The van der Waals surface area contributed by atoms with Crippen molar-refractivity contribution in [1.29, 1.82) is 0 Å². The van der Waals surface area contributed by atoms with E-state index in [-0.39, 0.29) is 0 Å². The molecule has 16 heavy (non-hydrogen) atoms. The maximum absolute atomic E-state index is 9.49. The van der Waals surface area contributed by atoms with Gasteiger partial charge in [-0.2, -0.15) is 0 Å². The van der Waals surface area contributed by atoms with E-state index in [2.05, 4.69) is 34.3 Å². The van der Waals surface area contributed by atoms with E-state index in [1.807, 2.05) is 24.3 Å². The third-order valence-electron chi connectivity index (χ3n) is 2.53. The maximum Gasteiger partial charge on any atom is 0.0762 e. The van der Waals surface area contributed by atoms with E-state index < -0.39 is 6.10 Å². The summed E-state index contributed by atoms with van der Waals surface area (Å²) in [6.45, 7) is 9.38. The molecule has 1 aromatic rings. The quantitative estimate of drug-likeness (QED) is 0.836. The van der Waals surface area contributed by atoms with Gasteiger partial charge in [0.15, 0.2) is 0 Å². The number of nitrogens with zero attached hydrogens (tertiary/aromatic N) is 1. The number of likely N-dealkylation sites (N-methyl/N-ethyl adjacent to an activating group) is 1. The van der Waals surface area contributed by atoms with Crippen molar-refractivity contribution in [3.63, 3.8) is 0 Å². The SMILES string of the molecule is C=CCN(CC)c1ccc(C(C)O)cc1Br. The molecule has 0 amide bonds. The van der Waals surface area contributed by atoms with Crippen molar-refractivity contribution in [3.05, 3.63) is 40.9 Å². The lowest BCUT2D eigenvalue weighted by Gasteiger charge is -2.23. The smallest absolute Gasteiger partial charge is 0.0762 e. The van der Waals surface area contributed by atoms with Crippen molar-refractivity contribution >= 4 is 21.6 Å². The van der Waals surface area contributed by atoms with Crippen molar-refractivity contribution in [2.45, 2.75) is 20.0 Å². The zero-order chi connectivity index (χ0) is 12.1. The van der Waals surface area contributed by atoms with Crippen LogP contribution in [0.1, 0.15) is 25.5 Å². The Bertz CT molecular complexity index is 363. The molecule has 0 radical (unpaired) electrons. The largest absolute Gasteiger partial charge is 0.389 e. The second-order valence-electron chi connectivity index (χ2n) is 3.71. The Morgan fingerprint density at radius 2 is 2.25 bits per heavy atom. The van der Waals surface area contributed by atoms with Gasteiger partial charge in [-0.1, -0.05) is 12.1 Å². The molecule has 0 spiro atoms. The summed E-state index contributed by atoms with van der Waals surface area (Å²) in [7, 11) is 0. The highest BCUT2D eigenvalue weighted by Gasteiger charge is 2.09. The Kier molecular flexibility index (Phi) is 5.03. The van der Waals surface area contributed by atoms with Gasteiger partial charge < -0.3 is 10.0 Å². The molecule has 0 saturated carbocycles. The average Bonchev–Trinajstić information content (AvgIpc) is 2.26. The Hall–Kier alpha value is -0.800. The minimum atomic E-state index is -0.431. The molecule has 0 heterocycles. The number of hydrogen-bond acceptors (Lipinski definition) is 2. The summed E-state index contributed by atoms with van der Waals surface area (Å²) in [4.78, 5) is 2.21. The zero-order valence-electron chi connectivity index (χ0n) is 9.78. The molecule has 3 heteroatoms. The first-order chi connectivity index (χ1) is 7.60. The van der Waals surface area contributed by atoms with E-state index in [4.69, 9.17) is 0 Å². The molecule has 0 saturated heterocycles. The molecular formula is C13H18BrNO. The van der Waals surface area contributed by atoms with Gasteiger partial charge in [-0.15, -0.1) is 6.58 Å². The van der Waals surface area contributed by atoms with Crippen molar-refractivity contribution in [2.24, 2.45) is 0 Å². The van der Waals surface area contributed by atoms with E-state index in [1.165, 1.54) is 0 Å². The second-order valence-corrected chi connectivity index (χ2v) is 4.57. The number of aliphatic hydroxyl groups is 1. The van der Waals surface area contributed by atoms with Crippen LogP contribution in [-0.2, 0) is 0 Å². The summed E-state index contributed by atoms with van der Waals surface area (Å²) in [6.07, 6.45) is 1.46. The number of hydrogen-bond donors (Lipinski definition) is 1. The Morgan fingerprint density at radius 1 is 1.56 bits per heavy atom. The lowest BCUT2D eigenvalue weighted by atomic mass is 10.1. The topological polar surface area (TPSA) is 23.5 Å². The van der Waals surface area contributed by atoms with Gasteiger partial charge >= 0.3 is 0 Å². The molecule has 88 valence electrons. The number of aliphatic hydroxyl groups excluding tert-OH is 1. The fourth-order valence-corrected chi connectivity index (χ4v) is 2.24. The van der Waals surface area contributed by atoms with Crippen molar-refractivity contribution in [2.75, 3.05) is 18.0 Å². The van der Waals surface area contributed by atoms with Gasteiger partial charge in [0.05, 0.1) is 11.8 Å². The number of rotatable bonds is 5. The molecule has 0 aliphatic carbocycles. The fourth-order valence-electron chi connectivity index (χ4n) is 1.59. The highest BCUT2D eigenvalue weighted by atomic mass is 79.9. The molecule has 0 bridgehead atoms. The molecule has 1 atom stereocenters. The van der Waals surface area contributed by atoms with Crippen molar-refractivity contribution < 1.29 is 5.11 Å². The van der Waals surface area contributed by atoms with Gasteiger partial charge in [0.25, 0.3) is 0 Å². The van der Waals surface area contributed by atoms with Gasteiger partial charge in [-0.3, -0.25) is 0 Å². The van der Waals surface area contributed by atoms with Crippen LogP contribution in [0.15, 0.2) is 35.3 Å². The maximum atomic E-state index is 9.49. The van der Waals surface area contributed by atoms with Crippen molar-refractivity contribution in [1.82, 2.24) is 0 Å². The summed E-state index contributed by atoms with van der Waals surface area (Å²) in [5.41, 5.74) is 2.05. The summed E-state index contributed by atoms with van der Waals surface area (Å²) in [5, 5.41) is 9.49. The molecule has 0 aliphatic rings. The van der Waals surface area contributed by atoms with Gasteiger partial charge in [0.1, 0.15) is 0 Å². The first-order valence-electron chi connectivity index (χ1n) is 5.43. The molecule has 1 aromatic carbocycles. The predicted octanol–water partition coefficient (Wildman–Crippen LogP) is 3.51.